The third-order valence-corrected chi connectivity index (χ3v) is 5.71. The summed E-state index contributed by atoms with van der Waals surface area (Å²) < 4.78 is 5.06. The maximum absolute atomic E-state index is 13.1. The van der Waals surface area contributed by atoms with Gasteiger partial charge in [0.25, 0.3) is 11.8 Å². The highest BCUT2D eigenvalue weighted by Gasteiger charge is 2.39. The lowest BCUT2D eigenvalue weighted by Gasteiger charge is -2.36. The summed E-state index contributed by atoms with van der Waals surface area (Å²) >= 11 is 0. The number of phenolic OH excluding ortho intramolecular Hbond substituents is 1. The van der Waals surface area contributed by atoms with Crippen LogP contribution in [0.3, 0.4) is 0 Å². The van der Waals surface area contributed by atoms with Crippen LogP contribution in [0.5, 0.6) is 11.5 Å². The largest absolute Gasteiger partial charge is 0.504 e. The van der Waals surface area contributed by atoms with Crippen molar-refractivity contribution in [2.45, 2.75) is 18.9 Å². The Morgan fingerprint density at radius 1 is 0.964 bits per heavy atom. The van der Waals surface area contributed by atoms with Crippen molar-refractivity contribution < 1.29 is 19.4 Å². The van der Waals surface area contributed by atoms with Gasteiger partial charge in [0.1, 0.15) is 0 Å². The molecule has 5 rings (SSSR count). The quantitative estimate of drug-likeness (QED) is 0.889. The molecule has 146 valence electrons. The van der Waals surface area contributed by atoms with Gasteiger partial charge in [-0.05, 0) is 49.1 Å². The van der Waals surface area contributed by atoms with Gasteiger partial charge in [0.2, 0.25) is 0 Å². The van der Waals surface area contributed by atoms with Crippen molar-refractivity contribution in [3.63, 3.8) is 0 Å². The van der Waals surface area contributed by atoms with E-state index in [-0.39, 0.29) is 29.5 Å². The average molecular weight is 380 g/mol. The van der Waals surface area contributed by atoms with Crippen LogP contribution in [-0.2, 0) is 0 Å². The number of rotatable bonds is 3. The topological polar surface area (TPSA) is 70.1 Å². The second-order valence-corrected chi connectivity index (χ2v) is 7.52. The van der Waals surface area contributed by atoms with E-state index in [2.05, 4.69) is 0 Å². The van der Waals surface area contributed by atoms with Gasteiger partial charge in [0.15, 0.2) is 11.5 Å². The first-order chi connectivity index (χ1) is 13.6. The number of aromatic hydroxyl groups is 1. The molecular weight excluding hydrogens is 356 g/mol. The number of phenols is 1. The lowest BCUT2D eigenvalue weighted by molar-refractivity contribution is 0.0574. The highest BCUT2D eigenvalue weighted by Crippen LogP contribution is 2.32. The Labute approximate surface area is 164 Å². The van der Waals surface area contributed by atoms with E-state index in [1.54, 1.807) is 12.1 Å². The molecule has 28 heavy (non-hydrogen) atoms. The van der Waals surface area contributed by atoms with Crippen molar-refractivity contribution in [3.8, 4) is 11.5 Å². The number of fused-ring (bicyclic) bond motifs is 4. The fourth-order valence-corrected chi connectivity index (χ4v) is 4.25. The minimum absolute atomic E-state index is 0.0110. The number of carbonyl (C=O) groups is 2. The third kappa shape index (κ3) is 3.42. The summed E-state index contributed by atoms with van der Waals surface area (Å²) in [6.45, 7) is 1.84. The number of nitrogens with zero attached hydrogens (tertiary/aromatic N) is 2. The molecular formula is C22H24N2O4. The van der Waals surface area contributed by atoms with Gasteiger partial charge < -0.3 is 19.6 Å². The number of piperidine rings is 1. The van der Waals surface area contributed by atoms with Gasteiger partial charge in [-0.2, -0.15) is 0 Å². The lowest BCUT2D eigenvalue weighted by Crippen LogP contribution is -2.47. The van der Waals surface area contributed by atoms with Crippen LogP contribution in [0.1, 0.15) is 33.6 Å². The summed E-state index contributed by atoms with van der Waals surface area (Å²) in [5, 5.41) is 10.0. The Hall–Kier alpha value is -3.02. The van der Waals surface area contributed by atoms with Crippen molar-refractivity contribution in [2.75, 3.05) is 26.7 Å². The predicted molar refractivity (Wildman–Crippen MR) is 105 cm³/mol. The van der Waals surface area contributed by atoms with Crippen LogP contribution in [0.2, 0.25) is 0 Å². The van der Waals surface area contributed by atoms with Crippen LogP contribution in [-0.4, -0.2) is 59.5 Å². The maximum atomic E-state index is 13.1. The highest BCUT2D eigenvalue weighted by atomic mass is 16.5. The van der Waals surface area contributed by atoms with Crippen LogP contribution in [0.4, 0.5) is 0 Å². The number of benzene rings is 2. The van der Waals surface area contributed by atoms with E-state index in [1.807, 2.05) is 40.1 Å². The molecule has 0 radical (unpaired) electrons. The van der Waals surface area contributed by atoms with Gasteiger partial charge in [-0.1, -0.05) is 18.2 Å². The Bertz CT molecular complexity index is 883. The summed E-state index contributed by atoms with van der Waals surface area (Å²) in [6, 6.07) is 14.0. The zero-order valence-electron chi connectivity index (χ0n) is 15.9. The molecule has 6 heteroatoms. The normalized spacial score (nSPS) is 21.3. The summed E-state index contributed by atoms with van der Waals surface area (Å²) in [6.07, 6.45) is 1.90. The molecule has 2 aromatic carbocycles. The molecule has 0 unspecified atom stereocenters. The number of carbonyl (C=O) groups excluding carboxylic acids is 2. The number of hydrogen-bond acceptors (Lipinski definition) is 4. The molecule has 0 spiro atoms. The van der Waals surface area contributed by atoms with Gasteiger partial charge in [0, 0.05) is 36.8 Å². The van der Waals surface area contributed by atoms with E-state index in [9.17, 15) is 14.7 Å². The van der Waals surface area contributed by atoms with Crippen LogP contribution in [0, 0.1) is 5.92 Å². The van der Waals surface area contributed by atoms with Gasteiger partial charge in [0.05, 0.1) is 7.11 Å². The van der Waals surface area contributed by atoms with Gasteiger partial charge in [-0.15, -0.1) is 0 Å². The zero-order chi connectivity index (χ0) is 19.7. The molecule has 3 aliphatic heterocycles. The molecule has 0 aliphatic carbocycles. The van der Waals surface area contributed by atoms with E-state index < -0.39 is 0 Å². The fourth-order valence-electron chi connectivity index (χ4n) is 4.25. The van der Waals surface area contributed by atoms with E-state index in [0.29, 0.717) is 36.5 Å². The van der Waals surface area contributed by atoms with Gasteiger partial charge in [-0.3, -0.25) is 9.59 Å². The molecule has 3 saturated heterocycles. The van der Waals surface area contributed by atoms with E-state index >= 15 is 0 Å². The summed E-state index contributed by atoms with van der Waals surface area (Å²) in [5.74, 6) is 0.473. The van der Waals surface area contributed by atoms with Crippen molar-refractivity contribution >= 4 is 11.8 Å². The first-order valence-electron chi connectivity index (χ1n) is 9.59. The molecule has 3 heterocycles. The standard InChI is InChI=1S/C22H24N2O4/c1-28-20-10-8-17(11-19(20)25)22(27)24-13-15-7-9-18(24)14-23(12-15)21(26)16-5-3-2-4-6-16/h2-6,8,10-11,15,18,25H,7,9,12-14H2,1H3/t15-,18+/m0/s1. The van der Waals surface area contributed by atoms with E-state index in [1.165, 1.54) is 13.2 Å². The zero-order valence-corrected chi connectivity index (χ0v) is 15.9. The van der Waals surface area contributed by atoms with Crippen LogP contribution >= 0.6 is 0 Å². The second kappa shape index (κ2) is 7.54. The number of amides is 2. The minimum atomic E-state index is -0.110. The number of ether oxygens (including phenoxy) is 1. The molecule has 3 fully saturated rings. The van der Waals surface area contributed by atoms with Crippen molar-refractivity contribution in [1.82, 2.24) is 9.80 Å². The first kappa shape index (κ1) is 18.3. The van der Waals surface area contributed by atoms with Crippen molar-refractivity contribution in [1.29, 1.82) is 0 Å². The Morgan fingerprint density at radius 3 is 2.46 bits per heavy atom. The molecule has 2 aromatic rings. The maximum Gasteiger partial charge on any atom is 0.254 e. The number of hydrogen-bond donors (Lipinski definition) is 1. The van der Waals surface area contributed by atoms with Crippen LogP contribution < -0.4 is 4.74 Å². The molecule has 2 atom stereocenters. The summed E-state index contributed by atoms with van der Waals surface area (Å²) in [7, 11) is 1.47. The average Bonchev–Trinajstić information content (AvgIpc) is 3.05. The van der Waals surface area contributed by atoms with E-state index in [0.717, 1.165) is 12.8 Å². The van der Waals surface area contributed by atoms with Gasteiger partial charge >= 0.3 is 0 Å². The van der Waals surface area contributed by atoms with Crippen molar-refractivity contribution in [3.05, 3.63) is 59.7 Å². The second-order valence-electron chi connectivity index (χ2n) is 7.52. The molecule has 6 nitrogen and oxygen atoms in total. The first-order valence-corrected chi connectivity index (χ1v) is 9.59. The SMILES string of the molecule is COc1ccc(C(=O)N2C[C@H]3CC[C@@H]2CN(C(=O)c2ccccc2)C3)cc1O. The Balaban J connectivity index is 1.54. The van der Waals surface area contributed by atoms with Crippen LogP contribution in [0.15, 0.2) is 48.5 Å². The smallest absolute Gasteiger partial charge is 0.254 e. The summed E-state index contributed by atoms with van der Waals surface area (Å²) in [5.41, 5.74) is 1.12. The molecule has 2 bridgehead atoms. The lowest BCUT2D eigenvalue weighted by atomic mass is 9.94. The minimum Gasteiger partial charge on any atom is -0.504 e. The van der Waals surface area contributed by atoms with Gasteiger partial charge in [-0.25, -0.2) is 0 Å². The monoisotopic (exact) mass is 380 g/mol. The Morgan fingerprint density at radius 2 is 1.75 bits per heavy atom. The molecule has 1 N–H and O–H groups in total. The molecule has 2 amide bonds. The Kier molecular flexibility index (Phi) is 4.94. The summed E-state index contributed by atoms with van der Waals surface area (Å²) in [4.78, 5) is 29.8. The highest BCUT2D eigenvalue weighted by molar-refractivity contribution is 5.96. The number of methoxy groups -OCH3 is 1. The van der Waals surface area contributed by atoms with Crippen LogP contribution in [0.25, 0.3) is 0 Å². The predicted octanol–water partition coefficient (Wildman–Crippen LogP) is 2.78. The molecule has 3 aliphatic rings. The van der Waals surface area contributed by atoms with E-state index in [4.69, 9.17) is 4.74 Å². The fraction of sp³-hybridized carbons (Fsp3) is 0.364. The molecule has 0 saturated carbocycles. The van der Waals surface area contributed by atoms with Crippen molar-refractivity contribution in [2.24, 2.45) is 5.92 Å². The third-order valence-electron chi connectivity index (χ3n) is 5.71. The molecule has 0 aromatic heterocycles.